The molecule has 1 aromatic heterocycles. The van der Waals surface area contributed by atoms with Crippen LogP contribution in [0.15, 0.2) is 36.4 Å². The number of urea groups is 1. The molecule has 4 rings (SSSR count). The highest BCUT2D eigenvalue weighted by atomic mass is 32.1. The van der Waals surface area contributed by atoms with E-state index in [1.807, 2.05) is 51.1 Å². The number of rotatable bonds is 7. The van der Waals surface area contributed by atoms with E-state index in [1.54, 1.807) is 13.2 Å². The molecule has 184 valence electrons. The van der Waals surface area contributed by atoms with Crippen LogP contribution < -0.4 is 16.0 Å². The zero-order valence-corrected chi connectivity index (χ0v) is 21.0. The van der Waals surface area contributed by atoms with Gasteiger partial charge in [-0.2, -0.15) is 0 Å². The predicted octanol–water partition coefficient (Wildman–Crippen LogP) is 5.02. The Labute approximate surface area is 208 Å². The van der Waals surface area contributed by atoms with Gasteiger partial charge >= 0.3 is 12.0 Å². The normalized spacial score (nSPS) is 17.9. The highest BCUT2D eigenvalue weighted by molar-refractivity contribution is 7.15. The Balaban J connectivity index is 1.60. The summed E-state index contributed by atoms with van der Waals surface area (Å²) in [6, 6.07) is 5.24. The zero-order chi connectivity index (χ0) is 25.3. The van der Waals surface area contributed by atoms with Crippen molar-refractivity contribution in [3.8, 4) is 0 Å². The minimum Gasteiger partial charge on any atom is -0.480 e. The summed E-state index contributed by atoms with van der Waals surface area (Å²) in [6.45, 7) is 5.84. The third-order valence-corrected chi connectivity index (χ3v) is 7.44. The lowest BCUT2D eigenvalue weighted by Gasteiger charge is -2.15. The fourth-order valence-electron chi connectivity index (χ4n) is 4.19. The molecule has 0 bridgehead atoms. The maximum absolute atomic E-state index is 13.1. The van der Waals surface area contributed by atoms with Gasteiger partial charge in [0.15, 0.2) is 0 Å². The molecule has 0 spiro atoms. The fourth-order valence-corrected chi connectivity index (χ4v) is 5.22. The molecule has 1 aromatic carbocycles. The first-order valence-corrected chi connectivity index (χ1v) is 12.2. The van der Waals surface area contributed by atoms with Gasteiger partial charge in [0.1, 0.15) is 10.4 Å². The number of ether oxygens (including phenoxy) is 1. The van der Waals surface area contributed by atoms with Gasteiger partial charge in [-0.1, -0.05) is 35.9 Å². The van der Waals surface area contributed by atoms with Gasteiger partial charge < -0.3 is 25.8 Å². The minimum absolute atomic E-state index is 0.00358. The second-order valence-corrected chi connectivity index (χ2v) is 10.1. The van der Waals surface area contributed by atoms with E-state index in [4.69, 9.17) is 4.74 Å². The monoisotopic (exact) mass is 495 g/mol. The molecule has 2 aliphatic rings. The molecule has 8 nitrogen and oxygen atoms in total. The summed E-state index contributed by atoms with van der Waals surface area (Å²) >= 11 is 1.21. The third kappa shape index (κ3) is 5.31. The molecular weight excluding hydrogens is 466 g/mol. The quantitative estimate of drug-likeness (QED) is 0.430. The Bertz CT molecular complexity index is 1230. The molecule has 0 aliphatic heterocycles. The molecule has 4 N–H and O–H groups in total. The first-order chi connectivity index (χ1) is 16.6. The maximum atomic E-state index is 13.1. The van der Waals surface area contributed by atoms with E-state index in [1.165, 1.54) is 11.3 Å². The summed E-state index contributed by atoms with van der Waals surface area (Å²) in [4.78, 5) is 38.7. The first-order valence-electron chi connectivity index (χ1n) is 11.4. The van der Waals surface area contributed by atoms with E-state index in [0.29, 0.717) is 30.6 Å². The average Bonchev–Trinajstić information content (AvgIpc) is 3.47. The fraction of sp³-hybridized carbons (Fsp3) is 0.346. The van der Waals surface area contributed by atoms with Crippen molar-refractivity contribution in [3.05, 3.63) is 62.9 Å². The Morgan fingerprint density at radius 2 is 1.77 bits per heavy atom. The number of benzene rings is 1. The Hall–Kier alpha value is -3.43. The number of carboxylic acids is 1. The summed E-state index contributed by atoms with van der Waals surface area (Å²) in [5.41, 5.74) is 3.69. The van der Waals surface area contributed by atoms with Crippen LogP contribution in [0.1, 0.15) is 50.5 Å². The number of methoxy groups -OCH3 is 1. The van der Waals surface area contributed by atoms with Gasteiger partial charge in [0.2, 0.25) is 0 Å². The minimum atomic E-state index is -1.23. The standard InChI is InChI=1S/C26H29N3O5S/c1-14-11-15(2)21(16(3)12-14)28-25(33)27-19-13-20(17-5-7-18(34-4)8-6-17)35-22(19)23(30)29-26(9-10-26)24(31)32/h5-7,11-13,18H,8-10H2,1-4H3,(H,29,30)(H,31,32)(H2,27,28,33). The van der Waals surface area contributed by atoms with E-state index < -0.39 is 23.4 Å². The van der Waals surface area contributed by atoms with Crippen molar-refractivity contribution in [2.45, 2.75) is 51.7 Å². The second kappa shape index (κ2) is 9.67. The molecule has 0 saturated heterocycles. The molecule has 1 atom stereocenters. The highest BCUT2D eigenvalue weighted by Crippen LogP contribution is 2.39. The van der Waals surface area contributed by atoms with Crippen molar-refractivity contribution in [1.29, 1.82) is 0 Å². The van der Waals surface area contributed by atoms with Crippen molar-refractivity contribution < 1.29 is 24.2 Å². The van der Waals surface area contributed by atoms with Gasteiger partial charge in [0, 0.05) is 17.7 Å². The van der Waals surface area contributed by atoms with E-state index in [-0.39, 0.29) is 11.0 Å². The van der Waals surface area contributed by atoms with Crippen LogP contribution in [0.5, 0.6) is 0 Å². The number of allylic oxidation sites excluding steroid dienone is 2. The third-order valence-electron chi connectivity index (χ3n) is 6.26. The molecule has 2 aliphatic carbocycles. The van der Waals surface area contributed by atoms with Crippen LogP contribution >= 0.6 is 11.3 Å². The van der Waals surface area contributed by atoms with E-state index >= 15 is 0 Å². The number of amides is 3. The molecule has 9 heteroatoms. The SMILES string of the molecule is COC1C=CC(c2cc(NC(=O)Nc3c(C)cc(C)cc3C)c(C(=O)NC3(C(=O)O)CC3)s2)=CC1. The van der Waals surface area contributed by atoms with Crippen molar-refractivity contribution in [2.24, 2.45) is 0 Å². The molecule has 3 amide bonds. The van der Waals surface area contributed by atoms with Gasteiger partial charge in [-0.05, 0) is 62.8 Å². The lowest BCUT2D eigenvalue weighted by molar-refractivity contribution is -0.140. The molecule has 1 heterocycles. The van der Waals surface area contributed by atoms with Crippen molar-refractivity contribution in [2.75, 3.05) is 17.7 Å². The predicted molar refractivity (Wildman–Crippen MR) is 137 cm³/mol. The number of aliphatic carboxylic acids is 1. The largest absolute Gasteiger partial charge is 0.480 e. The molecule has 2 aromatic rings. The smallest absolute Gasteiger partial charge is 0.329 e. The van der Waals surface area contributed by atoms with Gasteiger partial charge in [-0.15, -0.1) is 11.3 Å². The molecule has 1 fully saturated rings. The number of carbonyl (C=O) groups excluding carboxylic acids is 2. The Morgan fingerprint density at radius 3 is 2.31 bits per heavy atom. The van der Waals surface area contributed by atoms with Crippen LogP contribution in [0.4, 0.5) is 16.2 Å². The van der Waals surface area contributed by atoms with Crippen LogP contribution in [0.25, 0.3) is 5.57 Å². The maximum Gasteiger partial charge on any atom is 0.329 e. The van der Waals surface area contributed by atoms with Crippen LogP contribution in [-0.4, -0.2) is 41.8 Å². The van der Waals surface area contributed by atoms with Crippen LogP contribution in [0.2, 0.25) is 0 Å². The van der Waals surface area contributed by atoms with Gasteiger partial charge in [0.25, 0.3) is 5.91 Å². The molecule has 1 saturated carbocycles. The average molecular weight is 496 g/mol. The van der Waals surface area contributed by atoms with Crippen LogP contribution in [-0.2, 0) is 9.53 Å². The van der Waals surface area contributed by atoms with Crippen molar-refractivity contribution in [3.63, 3.8) is 0 Å². The van der Waals surface area contributed by atoms with E-state index in [9.17, 15) is 19.5 Å². The van der Waals surface area contributed by atoms with Gasteiger partial charge in [-0.3, -0.25) is 4.79 Å². The van der Waals surface area contributed by atoms with Gasteiger partial charge in [-0.25, -0.2) is 9.59 Å². The summed E-state index contributed by atoms with van der Waals surface area (Å²) < 4.78 is 5.35. The Kier molecular flexibility index (Phi) is 6.82. The van der Waals surface area contributed by atoms with Crippen molar-refractivity contribution in [1.82, 2.24) is 5.32 Å². The molecular formula is C26H29N3O5S. The summed E-state index contributed by atoms with van der Waals surface area (Å²) in [5, 5.41) is 17.8. The van der Waals surface area contributed by atoms with E-state index in [0.717, 1.165) is 27.1 Å². The Morgan fingerprint density at radius 1 is 1.09 bits per heavy atom. The number of carbonyl (C=O) groups is 3. The number of hydrogen-bond acceptors (Lipinski definition) is 5. The number of hydrogen-bond donors (Lipinski definition) is 4. The van der Waals surface area contributed by atoms with Crippen molar-refractivity contribution >= 4 is 46.2 Å². The lowest BCUT2D eigenvalue weighted by atomic mass is 10.0. The summed E-state index contributed by atoms with van der Waals surface area (Å²) in [6.07, 6.45) is 7.34. The lowest BCUT2D eigenvalue weighted by Crippen LogP contribution is -2.43. The number of aryl methyl sites for hydroxylation is 3. The topological polar surface area (TPSA) is 117 Å². The number of thiophene rings is 1. The van der Waals surface area contributed by atoms with Crippen LogP contribution in [0.3, 0.4) is 0 Å². The van der Waals surface area contributed by atoms with Gasteiger partial charge in [0.05, 0.1) is 11.8 Å². The summed E-state index contributed by atoms with van der Waals surface area (Å²) in [5.74, 6) is -1.57. The number of anilines is 2. The number of nitrogens with one attached hydrogen (secondary N) is 3. The molecule has 35 heavy (non-hydrogen) atoms. The first kappa shape index (κ1) is 24.7. The van der Waals surface area contributed by atoms with Crippen LogP contribution in [0, 0.1) is 20.8 Å². The second-order valence-electron chi connectivity index (χ2n) is 9.08. The number of carboxylic acid groups (broad SMARTS) is 1. The highest BCUT2D eigenvalue weighted by Gasteiger charge is 2.52. The molecule has 0 radical (unpaired) electrons. The van der Waals surface area contributed by atoms with E-state index in [2.05, 4.69) is 16.0 Å². The summed E-state index contributed by atoms with van der Waals surface area (Å²) in [7, 11) is 1.65. The molecule has 1 unspecified atom stereocenters. The zero-order valence-electron chi connectivity index (χ0n) is 20.2.